The molecule has 1 fully saturated rings. The second-order valence-electron chi connectivity index (χ2n) is 16.8. The van der Waals surface area contributed by atoms with Crippen molar-refractivity contribution in [3.8, 4) is 5.69 Å². The summed E-state index contributed by atoms with van der Waals surface area (Å²) in [4.78, 5) is 72.5. The maximum atomic E-state index is 14.3. The predicted molar refractivity (Wildman–Crippen MR) is 261 cm³/mol. The van der Waals surface area contributed by atoms with Gasteiger partial charge in [-0.25, -0.2) is 24.2 Å². The fourth-order valence-electron chi connectivity index (χ4n) is 7.10. The van der Waals surface area contributed by atoms with Crippen LogP contribution in [0.5, 0.6) is 0 Å². The second-order valence-corrected chi connectivity index (χ2v) is 18.8. The van der Waals surface area contributed by atoms with Gasteiger partial charge in [0.2, 0.25) is 4.80 Å². The van der Waals surface area contributed by atoms with Gasteiger partial charge in [0.05, 0.1) is 39.2 Å². The number of aryl methyl sites for hydroxylation is 1. The van der Waals surface area contributed by atoms with Crippen LogP contribution in [-0.4, -0.2) is 75.4 Å². The van der Waals surface area contributed by atoms with Crippen LogP contribution in [0, 0.1) is 6.92 Å². The minimum Gasteiger partial charge on any atom is -0.459 e. The number of ether oxygens (including phenoxy) is 5. The fourth-order valence-corrected chi connectivity index (χ4v) is 9.46. The number of aromatic nitrogens is 2. The summed E-state index contributed by atoms with van der Waals surface area (Å²) in [6.45, 7) is 7.44. The number of hydrogen-bond acceptors (Lipinski definition) is 14. The Bertz CT molecular complexity index is 3020. The van der Waals surface area contributed by atoms with E-state index < -0.39 is 65.9 Å². The number of carbonyl (C=O) groups is 4. The largest absolute Gasteiger partial charge is 0.459 e. The Morgan fingerprint density at radius 2 is 1.06 bits per heavy atom. The van der Waals surface area contributed by atoms with E-state index >= 15 is 0 Å². The zero-order valence-electron chi connectivity index (χ0n) is 38.1. The fraction of sp³-hybridized carbons (Fsp3) is 0.204. The van der Waals surface area contributed by atoms with Gasteiger partial charge in [-0.2, -0.15) is 4.98 Å². The van der Waals surface area contributed by atoms with Crippen LogP contribution < -0.4 is 9.60 Å². The zero-order valence-corrected chi connectivity index (χ0v) is 39.7. The third-order valence-corrected chi connectivity index (χ3v) is 12.3. The quantitative estimate of drug-likeness (QED) is 0.0801. The average molecular weight is 961 g/mol. The van der Waals surface area contributed by atoms with Crippen LogP contribution >= 0.6 is 23.1 Å². The topological polar surface area (TPSA) is 157 Å². The Balaban J connectivity index is 1.33. The molecular formula is C54H48N4O9S2. The van der Waals surface area contributed by atoms with E-state index in [2.05, 4.69) is 0 Å². The molecule has 13 nitrogen and oxygen atoms in total. The van der Waals surface area contributed by atoms with Crippen molar-refractivity contribution >= 4 is 52.7 Å². The lowest BCUT2D eigenvalue weighted by atomic mass is 9.98. The van der Waals surface area contributed by atoms with Crippen molar-refractivity contribution in [1.29, 1.82) is 0 Å². The lowest BCUT2D eigenvalue weighted by Gasteiger charge is -2.44. The van der Waals surface area contributed by atoms with Crippen molar-refractivity contribution in [1.82, 2.24) is 9.55 Å². The van der Waals surface area contributed by atoms with Crippen molar-refractivity contribution in [3.63, 3.8) is 0 Å². The van der Waals surface area contributed by atoms with Gasteiger partial charge in [-0.3, -0.25) is 9.56 Å². The highest BCUT2D eigenvalue weighted by Gasteiger charge is 2.54. The highest BCUT2D eigenvalue weighted by Crippen LogP contribution is 2.38. The molecule has 5 atom stereocenters. The van der Waals surface area contributed by atoms with E-state index in [1.165, 1.54) is 11.3 Å². The van der Waals surface area contributed by atoms with E-state index in [4.69, 9.17) is 38.7 Å². The first-order valence-electron chi connectivity index (χ1n) is 22.1. The lowest BCUT2D eigenvalue weighted by Crippen LogP contribution is -2.62. The van der Waals surface area contributed by atoms with Crippen molar-refractivity contribution in [2.75, 3.05) is 6.61 Å². The molecule has 0 aliphatic carbocycles. The summed E-state index contributed by atoms with van der Waals surface area (Å²) < 4.78 is 33.8. The molecule has 0 radical (unpaired) electrons. The Labute approximate surface area is 407 Å². The minimum atomic E-state index is -1.57. The average Bonchev–Trinajstić information content (AvgIpc) is 3.36. The Morgan fingerprint density at radius 3 is 1.55 bits per heavy atom. The molecule has 2 heterocycles. The number of benzene rings is 6. The van der Waals surface area contributed by atoms with E-state index in [0.717, 1.165) is 17.3 Å². The molecule has 0 saturated carbocycles. The van der Waals surface area contributed by atoms with Crippen LogP contribution in [0.15, 0.2) is 191 Å². The van der Waals surface area contributed by atoms with Crippen LogP contribution in [0.4, 0.5) is 5.69 Å². The normalized spacial score (nSPS) is 18.5. The first-order chi connectivity index (χ1) is 33.4. The summed E-state index contributed by atoms with van der Waals surface area (Å²) >= 11 is 2.31. The van der Waals surface area contributed by atoms with E-state index in [1.807, 2.05) is 86.9 Å². The van der Waals surface area contributed by atoms with Crippen molar-refractivity contribution in [2.45, 2.75) is 68.2 Å². The maximum absolute atomic E-state index is 14.3. The van der Waals surface area contributed by atoms with Crippen molar-refractivity contribution in [2.24, 2.45) is 9.98 Å². The van der Waals surface area contributed by atoms with E-state index in [0.29, 0.717) is 26.1 Å². The summed E-state index contributed by atoms with van der Waals surface area (Å²) in [6, 6.07) is 50.3. The Morgan fingerprint density at radius 1 is 0.609 bits per heavy atom. The molecule has 8 rings (SSSR count). The van der Waals surface area contributed by atoms with Crippen LogP contribution in [0.1, 0.15) is 67.8 Å². The van der Waals surface area contributed by atoms with Gasteiger partial charge in [0.25, 0.3) is 0 Å². The Kier molecular flexibility index (Phi) is 15.4. The highest BCUT2D eigenvalue weighted by molar-refractivity contribution is 7.99. The number of thioether (sulfide) groups is 1. The van der Waals surface area contributed by atoms with Gasteiger partial charge in [-0.1, -0.05) is 132 Å². The molecule has 0 N–H and O–H groups in total. The van der Waals surface area contributed by atoms with Crippen LogP contribution in [0.3, 0.4) is 0 Å². The summed E-state index contributed by atoms with van der Waals surface area (Å²) in [5.74, 6) is -3.07. The number of hydrogen-bond donors (Lipinski definition) is 0. The first-order valence-corrected chi connectivity index (χ1v) is 23.8. The number of nitrogens with zero attached hydrogens (tertiary/aromatic N) is 4. The molecule has 7 aromatic rings. The lowest BCUT2D eigenvalue weighted by molar-refractivity contribution is -0.207. The van der Waals surface area contributed by atoms with Gasteiger partial charge < -0.3 is 23.7 Å². The molecule has 0 amide bonds. The van der Waals surface area contributed by atoms with Gasteiger partial charge in [0, 0.05) is 0 Å². The molecule has 69 heavy (non-hydrogen) atoms. The summed E-state index contributed by atoms with van der Waals surface area (Å²) in [6.07, 6.45) is -5.93. The molecule has 0 spiro atoms. The van der Waals surface area contributed by atoms with Gasteiger partial charge in [-0.05, 0) is 100 Å². The number of rotatable bonds is 13. The monoisotopic (exact) mass is 960 g/mol. The van der Waals surface area contributed by atoms with Gasteiger partial charge in [-0.15, -0.1) is 0 Å². The van der Waals surface area contributed by atoms with Gasteiger partial charge in [0.15, 0.2) is 33.7 Å². The number of esters is 4. The molecule has 1 aliphatic rings. The van der Waals surface area contributed by atoms with E-state index in [1.54, 1.807) is 121 Å². The summed E-state index contributed by atoms with van der Waals surface area (Å²) in [5.41, 5.74) is 1.33. The molecule has 15 heteroatoms. The van der Waals surface area contributed by atoms with E-state index in [-0.39, 0.29) is 22.3 Å². The van der Waals surface area contributed by atoms with Crippen LogP contribution in [0.25, 0.3) is 5.69 Å². The molecule has 1 saturated heterocycles. The third kappa shape index (κ3) is 12.6. The summed E-state index contributed by atoms with van der Waals surface area (Å²) in [5, 5.41) is 0.299. The highest BCUT2D eigenvalue weighted by atomic mass is 32.2. The maximum Gasteiger partial charge on any atom is 0.338 e. The van der Waals surface area contributed by atoms with Crippen LogP contribution in [-0.2, 0) is 23.7 Å². The molecule has 6 aromatic carbocycles. The zero-order chi connectivity index (χ0) is 48.3. The standard InChI is InChI=1S/C54H48N4O9S2/c1-35-30-32-40(33-31-35)55-51-56-52(58(41-28-18-9-19-29-41)53(69-51)57-54(2,3)4)68-50-45(67-49(62)39-26-16-8-17-27-39)44(66-48(61)38-24-14-7-15-25-38)43(65-47(60)37-22-12-6-13-23-37)42(64-50)34-63-46(59)36-20-10-5-11-21-36/h5-33,42-45,50H,34H2,1-4H3/t42-,43-,44+,45-,50?/m1/s1. The van der Waals surface area contributed by atoms with Crippen molar-refractivity contribution in [3.05, 3.63) is 213 Å². The Hall–Kier alpha value is -7.46. The van der Waals surface area contributed by atoms with Crippen molar-refractivity contribution < 1.29 is 42.9 Å². The SMILES string of the molecule is Cc1ccc(N=c2nc(SC3O[C@H](COC(=O)c4ccccc4)[C@@H](OC(=O)c4ccccc4)[C@H](OC(=O)c4ccccc4)[C@H]3OC(=O)c3ccccc3)n(-c3ccccc3)c(=NC(C)(C)C)s2)cc1. The van der Waals surface area contributed by atoms with Crippen LogP contribution in [0.2, 0.25) is 0 Å². The number of para-hydroxylation sites is 1. The smallest absolute Gasteiger partial charge is 0.338 e. The van der Waals surface area contributed by atoms with Gasteiger partial charge >= 0.3 is 23.9 Å². The molecule has 1 aliphatic heterocycles. The molecule has 350 valence electrons. The first kappa shape index (κ1) is 48.0. The molecular weight excluding hydrogens is 913 g/mol. The molecule has 1 unspecified atom stereocenters. The predicted octanol–water partition coefficient (Wildman–Crippen LogP) is 9.52. The minimum absolute atomic E-state index is 0.172. The third-order valence-electron chi connectivity index (χ3n) is 10.4. The molecule has 0 bridgehead atoms. The second kappa shape index (κ2) is 22.1. The van der Waals surface area contributed by atoms with E-state index in [9.17, 15) is 19.2 Å². The number of carbonyl (C=O) groups excluding carboxylic acids is 4. The summed E-state index contributed by atoms with van der Waals surface area (Å²) in [7, 11) is 0. The van der Waals surface area contributed by atoms with Gasteiger partial charge in [0.1, 0.15) is 12.7 Å². The molecule has 1 aromatic heterocycles.